The van der Waals surface area contributed by atoms with E-state index in [1.165, 1.54) is 7.11 Å². The second-order valence-electron chi connectivity index (χ2n) is 3.19. The molecule has 0 heterocycles. The van der Waals surface area contributed by atoms with Crippen LogP contribution in [0.1, 0.15) is 6.92 Å². The van der Waals surface area contributed by atoms with E-state index in [1.54, 1.807) is 25.2 Å². The molecule has 0 rings (SSSR count). The Morgan fingerprint density at radius 3 is 2.33 bits per heavy atom. The summed E-state index contributed by atoms with van der Waals surface area (Å²) in [5, 5.41) is 11.2. The van der Waals surface area contributed by atoms with Gasteiger partial charge in [-0.3, -0.25) is 0 Å². The highest BCUT2D eigenvalue weighted by atomic mass is 16.5. The number of ether oxygens (including phenoxy) is 2. The maximum atomic E-state index is 11.1. The molecule has 18 heavy (non-hydrogen) atoms. The summed E-state index contributed by atoms with van der Waals surface area (Å²) in [7, 11) is 2.53. The van der Waals surface area contributed by atoms with E-state index < -0.39 is 18.1 Å². The Balaban J connectivity index is 5.06. The van der Waals surface area contributed by atoms with Gasteiger partial charge in [0.2, 0.25) is 0 Å². The smallest absolute Gasteiger partial charge is 0.407 e. The third-order valence-electron chi connectivity index (χ3n) is 2.02. The second kappa shape index (κ2) is 7.94. The lowest BCUT2D eigenvalue weighted by Crippen LogP contribution is -2.42. The van der Waals surface area contributed by atoms with Crippen molar-refractivity contribution in [3.63, 3.8) is 0 Å². The van der Waals surface area contributed by atoms with E-state index >= 15 is 0 Å². The monoisotopic (exact) mass is 255 g/mol. The molecule has 0 aromatic heterocycles. The zero-order chi connectivity index (χ0) is 14.1. The number of carboxylic acids is 1. The first-order valence-corrected chi connectivity index (χ1v) is 5.11. The molecule has 0 bridgehead atoms. The van der Waals surface area contributed by atoms with E-state index in [2.05, 4.69) is 16.6 Å². The van der Waals surface area contributed by atoms with E-state index in [1.807, 2.05) is 0 Å². The lowest BCUT2D eigenvalue weighted by molar-refractivity contribution is -0.138. The Bertz CT molecular complexity index is 384. The maximum absolute atomic E-state index is 11.1. The highest BCUT2D eigenvalue weighted by Crippen LogP contribution is 2.14. The number of carbonyl (C=O) groups is 2. The summed E-state index contributed by atoms with van der Waals surface area (Å²) in [5.41, 5.74) is 0.119. The van der Waals surface area contributed by atoms with E-state index in [0.717, 1.165) is 7.11 Å². The first-order valence-electron chi connectivity index (χ1n) is 5.11. The van der Waals surface area contributed by atoms with E-state index in [-0.39, 0.29) is 11.3 Å². The van der Waals surface area contributed by atoms with Crippen LogP contribution in [0.25, 0.3) is 0 Å². The van der Waals surface area contributed by atoms with Crippen molar-refractivity contribution in [3.05, 3.63) is 36.1 Å². The standard InChI is InChI=1S/C12H17NO5/c1-5-6-7-9(17-3)8(2)10(11(14)15)13-12(16)18-4/h5-7,10H,2H2,1,3-4H3,(H,13,16)(H,14,15). The number of allylic oxidation sites excluding steroid dienone is 3. The summed E-state index contributed by atoms with van der Waals surface area (Å²) in [5.74, 6) is -0.995. The molecule has 0 aliphatic rings. The van der Waals surface area contributed by atoms with E-state index in [9.17, 15) is 9.59 Å². The molecule has 0 spiro atoms. The molecule has 0 aromatic rings. The molecule has 6 nitrogen and oxygen atoms in total. The van der Waals surface area contributed by atoms with Gasteiger partial charge in [0.1, 0.15) is 5.76 Å². The van der Waals surface area contributed by atoms with Crippen molar-refractivity contribution in [2.45, 2.75) is 13.0 Å². The average Bonchev–Trinajstić information content (AvgIpc) is 2.35. The minimum Gasteiger partial charge on any atom is -0.496 e. The quantitative estimate of drug-likeness (QED) is 0.554. The molecular weight excluding hydrogens is 238 g/mol. The second-order valence-corrected chi connectivity index (χ2v) is 3.19. The van der Waals surface area contributed by atoms with Gasteiger partial charge in [-0.15, -0.1) is 0 Å². The molecule has 1 amide bonds. The number of rotatable bonds is 6. The maximum Gasteiger partial charge on any atom is 0.407 e. The summed E-state index contributed by atoms with van der Waals surface area (Å²) in [4.78, 5) is 22.1. The van der Waals surface area contributed by atoms with E-state index in [4.69, 9.17) is 9.84 Å². The van der Waals surface area contributed by atoms with Crippen LogP contribution in [-0.2, 0) is 14.3 Å². The Morgan fingerprint density at radius 2 is 1.94 bits per heavy atom. The van der Waals surface area contributed by atoms with Crippen molar-refractivity contribution in [1.82, 2.24) is 5.32 Å². The van der Waals surface area contributed by atoms with Gasteiger partial charge in [0.15, 0.2) is 6.04 Å². The van der Waals surface area contributed by atoms with Gasteiger partial charge in [0, 0.05) is 5.57 Å². The van der Waals surface area contributed by atoms with Crippen molar-refractivity contribution >= 4 is 12.1 Å². The first kappa shape index (κ1) is 15.8. The number of carbonyl (C=O) groups excluding carboxylic acids is 1. The molecule has 1 atom stereocenters. The lowest BCUT2D eigenvalue weighted by Gasteiger charge is -2.17. The van der Waals surface area contributed by atoms with Gasteiger partial charge in [-0.2, -0.15) is 0 Å². The zero-order valence-corrected chi connectivity index (χ0v) is 10.6. The summed E-state index contributed by atoms with van der Waals surface area (Å²) < 4.78 is 9.36. The van der Waals surface area contributed by atoms with Crippen LogP contribution in [0.15, 0.2) is 36.1 Å². The highest BCUT2D eigenvalue weighted by molar-refractivity contribution is 5.84. The number of nitrogens with one attached hydrogen (secondary N) is 1. The Labute approximate surface area is 106 Å². The van der Waals surface area contributed by atoms with Crippen molar-refractivity contribution in [3.8, 4) is 0 Å². The molecule has 0 saturated heterocycles. The largest absolute Gasteiger partial charge is 0.496 e. The molecule has 100 valence electrons. The molecule has 0 fully saturated rings. The highest BCUT2D eigenvalue weighted by Gasteiger charge is 2.26. The van der Waals surface area contributed by atoms with Gasteiger partial charge in [0.05, 0.1) is 14.2 Å². The predicted octanol–water partition coefficient (Wildman–Crippen LogP) is 1.46. The van der Waals surface area contributed by atoms with Crippen LogP contribution in [-0.4, -0.2) is 37.4 Å². The Kier molecular flexibility index (Phi) is 6.95. The van der Waals surface area contributed by atoms with Crippen molar-refractivity contribution in [2.24, 2.45) is 0 Å². The number of alkyl carbamates (subject to hydrolysis) is 1. The molecule has 6 heteroatoms. The SMILES string of the molecule is C=C(C(=CC=CC)OC)C(NC(=O)OC)C(=O)O. The first-order chi connectivity index (χ1) is 8.47. The van der Waals surface area contributed by atoms with Gasteiger partial charge in [-0.25, -0.2) is 9.59 Å². The summed E-state index contributed by atoms with van der Waals surface area (Å²) in [6.07, 6.45) is 4.11. The van der Waals surface area contributed by atoms with Gasteiger partial charge in [-0.1, -0.05) is 18.7 Å². The van der Waals surface area contributed by atoms with Crippen LogP contribution in [0.2, 0.25) is 0 Å². The van der Waals surface area contributed by atoms with E-state index in [0.29, 0.717) is 0 Å². The third kappa shape index (κ3) is 4.73. The Hall–Kier alpha value is -2.24. The molecule has 0 aliphatic carbocycles. The van der Waals surface area contributed by atoms with Crippen LogP contribution in [0, 0.1) is 0 Å². The minimum absolute atomic E-state index is 0.119. The van der Waals surface area contributed by atoms with Gasteiger partial charge < -0.3 is 19.9 Å². The zero-order valence-electron chi connectivity index (χ0n) is 10.6. The lowest BCUT2D eigenvalue weighted by atomic mass is 10.1. The van der Waals surface area contributed by atoms with Gasteiger partial charge in [-0.05, 0) is 13.0 Å². The molecule has 2 N–H and O–H groups in total. The average molecular weight is 255 g/mol. The fourth-order valence-corrected chi connectivity index (χ4v) is 1.11. The molecule has 1 unspecified atom stereocenters. The van der Waals surface area contributed by atoms with Crippen LogP contribution >= 0.6 is 0 Å². The number of aliphatic carboxylic acids is 1. The number of hydrogen-bond acceptors (Lipinski definition) is 4. The van der Waals surface area contributed by atoms with Gasteiger partial charge in [0.25, 0.3) is 0 Å². The number of methoxy groups -OCH3 is 2. The normalized spacial score (nSPS) is 12.9. The summed E-state index contributed by atoms with van der Waals surface area (Å²) in [6, 6.07) is -1.31. The minimum atomic E-state index is -1.31. The van der Waals surface area contributed by atoms with Crippen molar-refractivity contribution in [2.75, 3.05) is 14.2 Å². The van der Waals surface area contributed by atoms with Gasteiger partial charge >= 0.3 is 12.1 Å². The summed E-state index contributed by atoms with van der Waals surface area (Å²) >= 11 is 0. The fraction of sp³-hybridized carbons (Fsp3) is 0.333. The molecular formula is C12H17NO5. The third-order valence-corrected chi connectivity index (χ3v) is 2.02. The van der Waals surface area contributed by atoms with Crippen molar-refractivity contribution < 1.29 is 24.2 Å². The van der Waals surface area contributed by atoms with Crippen molar-refractivity contribution in [1.29, 1.82) is 0 Å². The Morgan fingerprint density at radius 1 is 1.33 bits per heavy atom. The fourth-order valence-electron chi connectivity index (χ4n) is 1.11. The van der Waals surface area contributed by atoms with Crippen LogP contribution in [0.3, 0.4) is 0 Å². The topological polar surface area (TPSA) is 84.9 Å². The number of carboxylic acid groups (broad SMARTS) is 1. The molecule has 0 radical (unpaired) electrons. The molecule has 0 aliphatic heterocycles. The number of hydrogen-bond donors (Lipinski definition) is 2. The molecule has 0 aromatic carbocycles. The van der Waals surface area contributed by atoms with Crippen LogP contribution in [0.4, 0.5) is 4.79 Å². The predicted molar refractivity (Wildman–Crippen MR) is 66.0 cm³/mol. The summed E-state index contributed by atoms with van der Waals surface area (Å²) in [6.45, 7) is 5.41. The van der Waals surface area contributed by atoms with Crippen LogP contribution < -0.4 is 5.32 Å². The molecule has 0 saturated carbocycles. The van der Waals surface area contributed by atoms with Crippen LogP contribution in [0.5, 0.6) is 0 Å². The number of amides is 1.